The Morgan fingerprint density at radius 1 is 1.38 bits per heavy atom. The van der Waals surface area contributed by atoms with Crippen molar-refractivity contribution in [1.29, 1.82) is 0 Å². The standard InChI is InChI=1S/C11H13ClN2.2ClH/c1-6-11(12)7-5-13-8-3-2-4-9(14-6)10(7)8;;/h8,13H,2-5H2,1H3;2*1H/t8-;;/m1../s1. The van der Waals surface area contributed by atoms with Gasteiger partial charge in [0.15, 0.2) is 0 Å². The molecule has 2 heterocycles. The molecule has 1 aromatic rings. The third-order valence-electron chi connectivity index (χ3n) is 3.30. The van der Waals surface area contributed by atoms with Gasteiger partial charge >= 0.3 is 0 Å². The van der Waals surface area contributed by atoms with E-state index in [0.717, 1.165) is 23.7 Å². The van der Waals surface area contributed by atoms with Crippen LogP contribution in [0.4, 0.5) is 0 Å². The van der Waals surface area contributed by atoms with Gasteiger partial charge in [0.05, 0.1) is 10.7 Å². The number of pyridine rings is 1. The molecule has 0 amide bonds. The molecule has 16 heavy (non-hydrogen) atoms. The lowest BCUT2D eigenvalue weighted by molar-refractivity contribution is 0.493. The summed E-state index contributed by atoms with van der Waals surface area (Å²) in [4.78, 5) is 4.59. The molecule has 0 saturated carbocycles. The Kier molecular flexibility index (Phi) is 4.47. The summed E-state index contributed by atoms with van der Waals surface area (Å²) in [6.07, 6.45) is 3.61. The highest BCUT2D eigenvalue weighted by atomic mass is 35.5. The molecule has 0 bridgehead atoms. The highest BCUT2D eigenvalue weighted by Crippen LogP contribution is 2.39. The Morgan fingerprint density at radius 3 is 2.88 bits per heavy atom. The molecule has 2 aliphatic rings. The summed E-state index contributed by atoms with van der Waals surface area (Å²) >= 11 is 6.25. The highest BCUT2D eigenvalue weighted by Gasteiger charge is 2.31. The van der Waals surface area contributed by atoms with Crippen LogP contribution in [-0.4, -0.2) is 4.98 Å². The molecule has 1 aliphatic carbocycles. The molecule has 3 rings (SSSR count). The van der Waals surface area contributed by atoms with E-state index in [4.69, 9.17) is 11.6 Å². The zero-order chi connectivity index (χ0) is 9.71. The van der Waals surface area contributed by atoms with Crippen molar-refractivity contribution >= 4 is 36.4 Å². The summed E-state index contributed by atoms with van der Waals surface area (Å²) < 4.78 is 0. The molecular weight excluding hydrogens is 266 g/mol. The number of halogens is 3. The smallest absolute Gasteiger partial charge is 0.0667 e. The second kappa shape index (κ2) is 5.09. The molecule has 1 aliphatic heterocycles. The maximum atomic E-state index is 6.25. The molecule has 0 spiro atoms. The van der Waals surface area contributed by atoms with Crippen molar-refractivity contribution in [3.63, 3.8) is 0 Å². The monoisotopic (exact) mass is 280 g/mol. The van der Waals surface area contributed by atoms with E-state index in [1.54, 1.807) is 0 Å². The second-order valence-corrected chi connectivity index (χ2v) is 4.55. The average Bonchev–Trinajstić information content (AvgIpc) is 2.60. The first-order valence-corrected chi connectivity index (χ1v) is 5.56. The zero-order valence-electron chi connectivity index (χ0n) is 9.05. The lowest BCUT2D eigenvalue weighted by Gasteiger charge is -2.21. The van der Waals surface area contributed by atoms with E-state index in [-0.39, 0.29) is 24.8 Å². The number of nitrogens with one attached hydrogen (secondary N) is 1. The van der Waals surface area contributed by atoms with Crippen LogP contribution in [0.2, 0.25) is 5.02 Å². The lowest BCUT2D eigenvalue weighted by atomic mass is 9.90. The van der Waals surface area contributed by atoms with Crippen molar-refractivity contribution in [3.05, 3.63) is 27.5 Å². The van der Waals surface area contributed by atoms with E-state index in [1.807, 2.05) is 6.92 Å². The van der Waals surface area contributed by atoms with Crippen molar-refractivity contribution in [2.24, 2.45) is 0 Å². The van der Waals surface area contributed by atoms with Crippen LogP contribution in [0.1, 0.15) is 41.4 Å². The molecule has 0 aromatic carbocycles. The highest BCUT2D eigenvalue weighted by molar-refractivity contribution is 6.32. The quantitative estimate of drug-likeness (QED) is 0.789. The Morgan fingerprint density at radius 2 is 2.12 bits per heavy atom. The Balaban J connectivity index is 0.000000640. The third-order valence-corrected chi connectivity index (χ3v) is 3.80. The van der Waals surface area contributed by atoms with E-state index in [0.29, 0.717) is 6.04 Å². The second-order valence-electron chi connectivity index (χ2n) is 4.18. The SMILES string of the molecule is Cc1nc2c3c(c1Cl)CN[C@@H]3CCC2.Cl.Cl. The molecule has 0 saturated heterocycles. The normalized spacial score (nSPS) is 20.8. The van der Waals surface area contributed by atoms with E-state index < -0.39 is 0 Å². The first-order chi connectivity index (χ1) is 6.77. The maximum absolute atomic E-state index is 6.25. The molecule has 0 fully saturated rings. The summed E-state index contributed by atoms with van der Waals surface area (Å²) in [6, 6.07) is 0.527. The van der Waals surface area contributed by atoms with Crippen LogP contribution in [0, 0.1) is 6.92 Å². The summed E-state index contributed by atoms with van der Waals surface area (Å²) in [5.74, 6) is 0. The number of rotatable bonds is 0. The zero-order valence-corrected chi connectivity index (χ0v) is 11.4. The lowest BCUT2D eigenvalue weighted by Crippen LogP contribution is -2.17. The number of aromatic nitrogens is 1. The molecule has 1 atom stereocenters. The van der Waals surface area contributed by atoms with Crippen LogP contribution in [0.15, 0.2) is 0 Å². The molecule has 90 valence electrons. The summed E-state index contributed by atoms with van der Waals surface area (Å²) in [7, 11) is 0. The molecule has 1 N–H and O–H groups in total. The van der Waals surface area contributed by atoms with E-state index in [2.05, 4.69) is 10.3 Å². The van der Waals surface area contributed by atoms with Crippen molar-refractivity contribution in [3.8, 4) is 0 Å². The van der Waals surface area contributed by atoms with Gasteiger partial charge in [0.1, 0.15) is 0 Å². The summed E-state index contributed by atoms with van der Waals surface area (Å²) in [5.41, 5.74) is 4.98. The fraction of sp³-hybridized carbons (Fsp3) is 0.545. The first-order valence-electron chi connectivity index (χ1n) is 5.18. The predicted molar refractivity (Wildman–Crippen MR) is 71.0 cm³/mol. The molecule has 0 radical (unpaired) electrons. The van der Waals surface area contributed by atoms with Gasteiger partial charge in [-0.15, -0.1) is 24.8 Å². The number of aryl methyl sites for hydroxylation is 2. The Labute approximate surface area is 113 Å². The summed E-state index contributed by atoms with van der Waals surface area (Å²) in [6.45, 7) is 2.93. The first kappa shape index (κ1) is 14.0. The number of nitrogens with zero attached hydrogens (tertiary/aromatic N) is 1. The van der Waals surface area contributed by atoms with Gasteiger partial charge < -0.3 is 5.32 Å². The van der Waals surface area contributed by atoms with Crippen LogP contribution >= 0.6 is 36.4 Å². The molecular formula is C11H15Cl3N2. The molecule has 0 unspecified atom stereocenters. The van der Waals surface area contributed by atoms with Gasteiger partial charge in [-0.1, -0.05) is 11.6 Å². The van der Waals surface area contributed by atoms with Crippen molar-refractivity contribution in [1.82, 2.24) is 10.3 Å². The molecule has 2 nitrogen and oxygen atoms in total. The van der Waals surface area contributed by atoms with E-state index >= 15 is 0 Å². The molecule has 1 aromatic heterocycles. The summed E-state index contributed by atoms with van der Waals surface area (Å²) in [5, 5.41) is 4.38. The van der Waals surface area contributed by atoms with Crippen molar-refractivity contribution < 1.29 is 0 Å². The Hall–Kier alpha value is -0.0200. The van der Waals surface area contributed by atoms with Crippen LogP contribution in [-0.2, 0) is 13.0 Å². The maximum Gasteiger partial charge on any atom is 0.0667 e. The van der Waals surface area contributed by atoms with Gasteiger partial charge in [-0.3, -0.25) is 4.98 Å². The fourth-order valence-electron chi connectivity index (χ4n) is 2.64. The van der Waals surface area contributed by atoms with Crippen molar-refractivity contribution in [2.75, 3.05) is 0 Å². The Bertz CT molecular complexity index is 407. The minimum Gasteiger partial charge on any atom is -0.306 e. The van der Waals surface area contributed by atoms with Crippen LogP contribution in [0.5, 0.6) is 0 Å². The van der Waals surface area contributed by atoms with E-state index in [9.17, 15) is 0 Å². The van der Waals surface area contributed by atoms with Gasteiger partial charge in [0.2, 0.25) is 0 Å². The van der Waals surface area contributed by atoms with Gasteiger partial charge in [0, 0.05) is 18.3 Å². The van der Waals surface area contributed by atoms with E-state index in [1.165, 1.54) is 29.7 Å². The van der Waals surface area contributed by atoms with Crippen LogP contribution < -0.4 is 5.32 Å². The third kappa shape index (κ3) is 1.92. The van der Waals surface area contributed by atoms with Gasteiger partial charge in [-0.2, -0.15) is 0 Å². The average molecular weight is 282 g/mol. The van der Waals surface area contributed by atoms with Gasteiger partial charge in [0.25, 0.3) is 0 Å². The number of hydrogen-bond donors (Lipinski definition) is 1. The van der Waals surface area contributed by atoms with Gasteiger partial charge in [-0.05, 0) is 37.3 Å². The number of hydrogen-bond acceptors (Lipinski definition) is 2. The predicted octanol–water partition coefficient (Wildman–Crippen LogP) is 3.37. The van der Waals surface area contributed by atoms with Crippen LogP contribution in [0.3, 0.4) is 0 Å². The molecule has 5 heteroatoms. The minimum atomic E-state index is 0. The fourth-order valence-corrected chi connectivity index (χ4v) is 2.86. The largest absolute Gasteiger partial charge is 0.306 e. The van der Waals surface area contributed by atoms with Crippen LogP contribution in [0.25, 0.3) is 0 Å². The minimum absolute atomic E-state index is 0. The van der Waals surface area contributed by atoms with Gasteiger partial charge in [-0.25, -0.2) is 0 Å². The topological polar surface area (TPSA) is 24.9 Å². The van der Waals surface area contributed by atoms with Crippen molar-refractivity contribution in [2.45, 2.75) is 38.8 Å².